The van der Waals surface area contributed by atoms with Crippen molar-refractivity contribution in [1.82, 2.24) is 9.97 Å². The Kier molecular flexibility index (Phi) is 5.19. The summed E-state index contributed by atoms with van der Waals surface area (Å²) >= 11 is 0. The highest BCUT2D eigenvalue weighted by atomic mass is 32.2. The molecule has 2 rings (SSSR count). The molecule has 0 aromatic carbocycles. The summed E-state index contributed by atoms with van der Waals surface area (Å²) in [6, 6.07) is 0. The monoisotopic (exact) mass is 311 g/mol. The fourth-order valence-electron chi connectivity index (χ4n) is 2.73. The van der Waals surface area contributed by atoms with Crippen molar-refractivity contribution >= 4 is 16.6 Å². The van der Waals surface area contributed by atoms with E-state index in [1.165, 1.54) is 0 Å². The molecule has 1 saturated heterocycles. The second kappa shape index (κ2) is 6.73. The molecule has 1 fully saturated rings. The van der Waals surface area contributed by atoms with E-state index in [1.807, 2.05) is 13.8 Å². The molecule has 0 spiro atoms. The molecule has 1 atom stereocenters. The van der Waals surface area contributed by atoms with Crippen molar-refractivity contribution in [2.75, 3.05) is 23.7 Å². The smallest absolute Gasteiger partial charge is 0.257 e. The van der Waals surface area contributed by atoms with E-state index in [1.54, 1.807) is 12.4 Å². The Morgan fingerprint density at radius 1 is 1.33 bits per heavy atom. The summed E-state index contributed by atoms with van der Waals surface area (Å²) in [5.41, 5.74) is 0. The SMILES string of the molecule is CCC1(CC)CN(c2nccnc2OC(C)C)CCS1=O. The third kappa shape index (κ3) is 3.36. The lowest BCUT2D eigenvalue weighted by atomic mass is 10.0. The molecule has 5 nitrogen and oxygen atoms in total. The summed E-state index contributed by atoms with van der Waals surface area (Å²) in [4.78, 5) is 10.9. The van der Waals surface area contributed by atoms with Crippen LogP contribution in [0.3, 0.4) is 0 Å². The summed E-state index contributed by atoms with van der Waals surface area (Å²) < 4.78 is 18.1. The summed E-state index contributed by atoms with van der Waals surface area (Å²) in [6.07, 6.45) is 5.21. The third-order valence-electron chi connectivity index (χ3n) is 4.09. The van der Waals surface area contributed by atoms with Gasteiger partial charge in [-0.05, 0) is 26.7 Å². The number of ether oxygens (including phenoxy) is 1. The van der Waals surface area contributed by atoms with Crippen LogP contribution < -0.4 is 9.64 Å². The topological polar surface area (TPSA) is 55.3 Å². The minimum Gasteiger partial charge on any atom is -0.472 e. The molecule has 0 N–H and O–H groups in total. The highest BCUT2D eigenvalue weighted by Crippen LogP contribution is 2.33. The first-order valence-electron chi connectivity index (χ1n) is 7.63. The van der Waals surface area contributed by atoms with Gasteiger partial charge in [0.1, 0.15) is 0 Å². The van der Waals surface area contributed by atoms with Gasteiger partial charge >= 0.3 is 0 Å². The largest absolute Gasteiger partial charge is 0.472 e. The van der Waals surface area contributed by atoms with Crippen LogP contribution in [0.5, 0.6) is 5.88 Å². The molecule has 0 amide bonds. The molecule has 0 aliphatic carbocycles. The number of anilines is 1. The Balaban J connectivity index is 2.28. The van der Waals surface area contributed by atoms with Crippen molar-refractivity contribution in [3.8, 4) is 5.88 Å². The van der Waals surface area contributed by atoms with Crippen molar-refractivity contribution in [1.29, 1.82) is 0 Å². The predicted molar refractivity (Wildman–Crippen MR) is 86.3 cm³/mol. The Hall–Kier alpha value is -1.17. The van der Waals surface area contributed by atoms with Gasteiger partial charge in [0.2, 0.25) is 0 Å². The molecule has 1 aliphatic rings. The minimum absolute atomic E-state index is 0.0569. The second-order valence-electron chi connectivity index (χ2n) is 5.71. The second-order valence-corrected chi connectivity index (χ2v) is 7.68. The molecule has 0 radical (unpaired) electrons. The van der Waals surface area contributed by atoms with Gasteiger partial charge < -0.3 is 9.64 Å². The van der Waals surface area contributed by atoms with E-state index in [-0.39, 0.29) is 10.9 Å². The summed E-state index contributed by atoms with van der Waals surface area (Å²) in [7, 11) is -0.779. The van der Waals surface area contributed by atoms with Crippen LogP contribution in [-0.4, -0.2) is 43.9 Å². The number of aromatic nitrogens is 2. The molecular weight excluding hydrogens is 286 g/mol. The normalized spacial score (nSPS) is 21.6. The van der Waals surface area contributed by atoms with Gasteiger partial charge in [-0.1, -0.05) is 13.8 Å². The molecule has 1 aliphatic heterocycles. The number of nitrogens with zero attached hydrogens (tertiary/aromatic N) is 3. The quantitative estimate of drug-likeness (QED) is 0.836. The number of hydrogen-bond donors (Lipinski definition) is 0. The van der Waals surface area contributed by atoms with Crippen LogP contribution in [0.2, 0.25) is 0 Å². The minimum atomic E-state index is -0.779. The van der Waals surface area contributed by atoms with Gasteiger partial charge in [-0.3, -0.25) is 4.21 Å². The number of hydrogen-bond acceptors (Lipinski definition) is 5. The molecule has 0 bridgehead atoms. The lowest BCUT2D eigenvalue weighted by Crippen LogP contribution is -2.53. The van der Waals surface area contributed by atoms with Crippen molar-refractivity contribution in [3.63, 3.8) is 0 Å². The van der Waals surface area contributed by atoms with Crippen molar-refractivity contribution in [2.24, 2.45) is 0 Å². The van der Waals surface area contributed by atoms with E-state index >= 15 is 0 Å². The van der Waals surface area contributed by atoms with Crippen LogP contribution in [0, 0.1) is 0 Å². The molecule has 1 aromatic rings. The predicted octanol–water partition coefficient (Wildman–Crippen LogP) is 2.39. The first kappa shape index (κ1) is 16.2. The molecule has 118 valence electrons. The third-order valence-corrected chi connectivity index (χ3v) is 6.32. The lowest BCUT2D eigenvalue weighted by molar-refractivity contribution is 0.232. The molecule has 1 aromatic heterocycles. The number of rotatable bonds is 5. The Morgan fingerprint density at radius 2 is 2.00 bits per heavy atom. The Morgan fingerprint density at radius 3 is 2.62 bits per heavy atom. The molecule has 21 heavy (non-hydrogen) atoms. The summed E-state index contributed by atoms with van der Waals surface area (Å²) in [5.74, 6) is 2.02. The Bertz CT molecular complexity index is 503. The van der Waals surface area contributed by atoms with Gasteiger partial charge in [-0.2, -0.15) is 0 Å². The van der Waals surface area contributed by atoms with Gasteiger partial charge in [0.25, 0.3) is 5.88 Å². The fourth-order valence-corrected chi connectivity index (χ4v) is 4.49. The van der Waals surface area contributed by atoms with Gasteiger partial charge in [0.15, 0.2) is 5.82 Å². The van der Waals surface area contributed by atoms with E-state index in [0.29, 0.717) is 11.6 Å². The van der Waals surface area contributed by atoms with E-state index < -0.39 is 10.8 Å². The van der Waals surface area contributed by atoms with E-state index in [0.717, 1.165) is 31.7 Å². The first-order chi connectivity index (χ1) is 10.0. The molecule has 1 unspecified atom stereocenters. The first-order valence-corrected chi connectivity index (χ1v) is 8.95. The Labute approximate surface area is 129 Å². The van der Waals surface area contributed by atoms with Crippen LogP contribution >= 0.6 is 0 Å². The van der Waals surface area contributed by atoms with Crippen molar-refractivity contribution in [3.05, 3.63) is 12.4 Å². The molecule has 2 heterocycles. The maximum atomic E-state index is 12.4. The van der Waals surface area contributed by atoms with Crippen LogP contribution in [-0.2, 0) is 10.8 Å². The zero-order chi connectivity index (χ0) is 15.5. The standard InChI is InChI=1S/C15H25N3O2S/c1-5-15(6-2)11-18(9-10-21(15)19)13-14(20-12(3)4)17-8-7-16-13/h7-8,12H,5-6,9-11H2,1-4H3. The van der Waals surface area contributed by atoms with Crippen LogP contribution in [0.1, 0.15) is 40.5 Å². The summed E-state index contributed by atoms with van der Waals surface area (Å²) in [5, 5.41) is 0. The zero-order valence-corrected chi connectivity index (χ0v) is 14.2. The molecule has 6 heteroatoms. The van der Waals surface area contributed by atoms with Crippen LogP contribution in [0.25, 0.3) is 0 Å². The lowest BCUT2D eigenvalue weighted by Gasteiger charge is -2.41. The van der Waals surface area contributed by atoms with Crippen molar-refractivity contribution < 1.29 is 8.95 Å². The highest BCUT2D eigenvalue weighted by molar-refractivity contribution is 7.86. The van der Waals surface area contributed by atoms with Gasteiger partial charge in [-0.15, -0.1) is 0 Å². The summed E-state index contributed by atoms with van der Waals surface area (Å²) in [6.45, 7) is 9.68. The van der Waals surface area contributed by atoms with E-state index in [9.17, 15) is 4.21 Å². The van der Waals surface area contributed by atoms with Gasteiger partial charge in [-0.25, -0.2) is 9.97 Å². The maximum absolute atomic E-state index is 12.4. The van der Waals surface area contributed by atoms with Crippen LogP contribution in [0.4, 0.5) is 5.82 Å². The van der Waals surface area contributed by atoms with E-state index in [4.69, 9.17) is 4.74 Å². The molecular formula is C15H25N3O2S. The van der Waals surface area contributed by atoms with E-state index in [2.05, 4.69) is 28.7 Å². The van der Waals surface area contributed by atoms with Crippen LogP contribution in [0.15, 0.2) is 12.4 Å². The zero-order valence-electron chi connectivity index (χ0n) is 13.3. The van der Waals surface area contributed by atoms with Gasteiger partial charge in [0, 0.05) is 42.0 Å². The average molecular weight is 311 g/mol. The molecule has 0 saturated carbocycles. The fraction of sp³-hybridized carbons (Fsp3) is 0.733. The maximum Gasteiger partial charge on any atom is 0.257 e. The van der Waals surface area contributed by atoms with Crippen molar-refractivity contribution in [2.45, 2.75) is 51.4 Å². The average Bonchev–Trinajstić information content (AvgIpc) is 2.48. The highest BCUT2D eigenvalue weighted by Gasteiger charge is 2.40. The van der Waals surface area contributed by atoms with Gasteiger partial charge in [0.05, 0.1) is 10.9 Å².